The molecular weight excluding hydrogens is 320 g/mol. The molecule has 126 valence electrons. The van der Waals surface area contributed by atoms with Crippen LogP contribution in [0, 0.1) is 0 Å². The first kappa shape index (κ1) is 20.5. The fourth-order valence-corrected chi connectivity index (χ4v) is 1.61. The molecule has 0 aromatic carbocycles. The summed E-state index contributed by atoms with van der Waals surface area (Å²) in [6.07, 6.45) is 4.25. The Morgan fingerprint density at radius 2 is 1.14 bits per heavy atom. The van der Waals surface area contributed by atoms with Gasteiger partial charge in [-0.3, -0.25) is 0 Å². The molecule has 0 aromatic rings. The quantitative estimate of drug-likeness (QED) is 0.258. The fraction of sp³-hybridized carbons (Fsp3) is 0.571. The van der Waals surface area contributed by atoms with E-state index in [2.05, 4.69) is 34.8 Å². The first-order chi connectivity index (χ1) is 10.4. The second-order valence-corrected chi connectivity index (χ2v) is 5.55. The molecule has 8 heteroatoms. The van der Waals surface area contributed by atoms with E-state index >= 15 is 0 Å². The van der Waals surface area contributed by atoms with Gasteiger partial charge < -0.3 is 20.3 Å². The normalized spacial score (nSPS) is 9.36. The average Bonchev–Trinajstić information content (AvgIpc) is 2.45. The maximum Gasteiger partial charge on any atom is 0.286 e. The van der Waals surface area contributed by atoms with E-state index in [4.69, 9.17) is 34.1 Å². The Kier molecular flexibility index (Phi) is 12.2. The maximum atomic E-state index is 5.04. The van der Waals surface area contributed by atoms with Gasteiger partial charge in [0.05, 0.1) is 0 Å². The monoisotopic (exact) mass is 346 g/mol. The van der Waals surface area contributed by atoms with Crippen LogP contribution < -0.4 is 21.6 Å². The van der Waals surface area contributed by atoms with Crippen LogP contribution in [0.5, 0.6) is 0 Å². The molecule has 0 radical (unpaired) electrons. The Morgan fingerprint density at radius 3 is 1.45 bits per heavy atom. The molecule has 22 heavy (non-hydrogen) atoms. The van der Waals surface area contributed by atoms with Gasteiger partial charge in [0.1, 0.15) is 0 Å². The number of hydrogen-bond acceptors (Lipinski definition) is 6. The maximum absolute atomic E-state index is 5.04. The van der Waals surface area contributed by atoms with Gasteiger partial charge in [-0.05, 0) is 51.1 Å². The summed E-state index contributed by atoms with van der Waals surface area (Å²) in [5.41, 5.74) is 6.61. The van der Waals surface area contributed by atoms with Gasteiger partial charge >= 0.3 is 0 Å². The molecule has 0 aliphatic carbocycles. The van der Waals surface area contributed by atoms with Crippen molar-refractivity contribution >= 4 is 34.8 Å². The number of allylic oxidation sites excluding steroid dienone is 2. The lowest BCUT2D eigenvalue weighted by Gasteiger charge is -2.11. The van der Waals surface area contributed by atoms with E-state index in [0.717, 1.165) is 38.8 Å². The summed E-state index contributed by atoms with van der Waals surface area (Å²) < 4.78 is 0. The molecule has 0 aliphatic heterocycles. The highest BCUT2D eigenvalue weighted by Crippen LogP contribution is 1.98. The summed E-state index contributed by atoms with van der Waals surface area (Å²) >= 11 is 9.95. The zero-order chi connectivity index (χ0) is 16.8. The fourth-order valence-electron chi connectivity index (χ4n) is 1.32. The average molecular weight is 347 g/mol. The van der Waals surface area contributed by atoms with Crippen molar-refractivity contribution in [3.63, 3.8) is 0 Å². The highest BCUT2D eigenvalue weighted by molar-refractivity contribution is 7.80. The van der Waals surface area contributed by atoms with Gasteiger partial charge in [-0.15, -0.1) is 0 Å². The van der Waals surface area contributed by atoms with Crippen molar-refractivity contribution in [2.45, 2.75) is 39.5 Å². The second kappa shape index (κ2) is 13.1. The molecule has 0 heterocycles. The van der Waals surface area contributed by atoms with Crippen molar-refractivity contribution in [3.8, 4) is 0 Å². The van der Waals surface area contributed by atoms with Crippen molar-refractivity contribution in [1.29, 1.82) is 0 Å². The molecule has 0 fully saturated rings. The topological polar surface area (TPSA) is 66.6 Å². The van der Waals surface area contributed by atoms with Crippen molar-refractivity contribution in [3.05, 3.63) is 24.6 Å². The molecule has 0 aliphatic rings. The molecular formula is C14H26N4O2S2. The van der Waals surface area contributed by atoms with Crippen LogP contribution in [0.25, 0.3) is 0 Å². The van der Waals surface area contributed by atoms with Crippen LogP contribution in [0.4, 0.5) is 0 Å². The van der Waals surface area contributed by atoms with Crippen molar-refractivity contribution < 1.29 is 9.68 Å². The van der Waals surface area contributed by atoms with Gasteiger partial charge in [-0.2, -0.15) is 0 Å². The Morgan fingerprint density at radius 1 is 0.773 bits per heavy atom. The summed E-state index contributed by atoms with van der Waals surface area (Å²) in [5.74, 6) is 0. The summed E-state index contributed by atoms with van der Waals surface area (Å²) in [6, 6.07) is 0. The number of rotatable bonds is 11. The van der Waals surface area contributed by atoms with Crippen molar-refractivity contribution in [1.82, 2.24) is 21.6 Å². The lowest BCUT2D eigenvalue weighted by atomic mass is 10.2. The Labute approximate surface area is 143 Å². The minimum absolute atomic E-state index is 0.331. The summed E-state index contributed by atoms with van der Waals surface area (Å²) in [6.45, 7) is 12.4. The molecule has 0 saturated carbocycles. The molecule has 6 nitrogen and oxygen atoms in total. The van der Waals surface area contributed by atoms with E-state index in [0.29, 0.717) is 21.7 Å². The SMILES string of the molecule is C=C(C)NOC(=S)NCCCCCCNC(=S)ONC(=C)C. The van der Waals surface area contributed by atoms with Crippen LogP contribution in [-0.2, 0) is 9.68 Å². The third-order valence-corrected chi connectivity index (χ3v) is 2.73. The Balaban J connectivity index is 3.33. The predicted octanol–water partition coefficient (Wildman–Crippen LogP) is 2.41. The number of hydrogen-bond donors (Lipinski definition) is 4. The lowest BCUT2D eigenvalue weighted by molar-refractivity contribution is 0.210. The summed E-state index contributed by atoms with van der Waals surface area (Å²) in [7, 11) is 0. The molecule has 0 rings (SSSR count). The number of unbranched alkanes of at least 4 members (excludes halogenated alkanes) is 3. The highest BCUT2D eigenvalue weighted by atomic mass is 32.1. The van der Waals surface area contributed by atoms with Crippen LogP contribution in [0.2, 0.25) is 0 Å². The van der Waals surface area contributed by atoms with E-state index in [1.54, 1.807) is 13.8 Å². The first-order valence-electron chi connectivity index (χ1n) is 7.14. The first-order valence-corrected chi connectivity index (χ1v) is 7.96. The minimum atomic E-state index is 0.331. The van der Waals surface area contributed by atoms with Gasteiger partial charge in [-0.1, -0.05) is 26.0 Å². The van der Waals surface area contributed by atoms with Crippen molar-refractivity contribution in [2.75, 3.05) is 13.1 Å². The Bertz CT molecular complexity index is 353. The lowest BCUT2D eigenvalue weighted by Crippen LogP contribution is -2.30. The standard InChI is InChI=1S/C14H26N4O2S2/c1-11(2)17-19-13(21)15-9-7-5-6-8-10-16-14(22)20-18-12(3)4/h17-18H,1,3,5-10H2,2,4H3,(H,15,21)(H,16,22). The second-order valence-electron chi connectivity index (χ2n) is 4.81. The molecule has 0 unspecified atom stereocenters. The minimum Gasteiger partial charge on any atom is -0.352 e. The van der Waals surface area contributed by atoms with Gasteiger partial charge in [0.25, 0.3) is 10.3 Å². The van der Waals surface area contributed by atoms with E-state index in [1.165, 1.54) is 0 Å². The van der Waals surface area contributed by atoms with Gasteiger partial charge in [0.15, 0.2) is 0 Å². The molecule has 4 N–H and O–H groups in total. The number of nitrogens with one attached hydrogen (secondary N) is 4. The third kappa shape index (κ3) is 14.9. The van der Waals surface area contributed by atoms with Gasteiger partial charge in [0.2, 0.25) is 0 Å². The van der Waals surface area contributed by atoms with E-state index in [1.807, 2.05) is 0 Å². The van der Waals surface area contributed by atoms with E-state index in [-0.39, 0.29) is 0 Å². The van der Waals surface area contributed by atoms with Gasteiger partial charge in [-0.25, -0.2) is 11.0 Å². The largest absolute Gasteiger partial charge is 0.352 e. The smallest absolute Gasteiger partial charge is 0.286 e. The number of thiocarbonyl (C=S) groups is 2. The predicted molar refractivity (Wildman–Crippen MR) is 97.7 cm³/mol. The summed E-state index contributed by atoms with van der Waals surface area (Å²) in [4.78, 5) is 10.1. The third-order valence-electron chi connectivity index (χ3n) is 2.28. The van der Waals surface area contributed by atoms with Crippen LogP contribution in [0.15, 0.2) is 24.6 Å². The van der Waals surface area contributed by atoms with E-state index < -0.39 is 0 Å². The Hall–Kier alpha value is -1.54. The molecule has 0 aromatic heterocycles. The highest BCUT2D eigenvalue weighted by Gasteiger charge is 1.98. The molecule has 0 bridgehead atoms. The van der Waals surface area contributed by atoms with Crippen LogP contribution in [-0.4, -0.2) is 23.4 Å². The molecule has 0 spiro atoms. The summed E-state index contributed by atoms with van der Waals surface area (Å²) in [5, 5.41) is 6.68. The van der Waals surface area contributed by atoms with Crippen LogP contribution in [0.3, 0.4) is 0 Å². The van der Waals surface area contributed by atoms with Gasteiger partial charge in [0, 0.05) is 24.5 Å². The molecule has 0 saturated heterocycles. The van der Waals surface area contributed by atoms with E-state index in [9.17, 15) is 0 Å². The number of hydroxylamine groups is 2. The van der Waals surface area contributed by atoms with Crippen molar-refractivity contribution in [2.24, 2.45) is 0 Å². The van der Waals surface area contributed by atoms with Crippen LogP contribution >= 0.6 is 24.4 Å². The molecule has 0 atom stereocenters. The molecule has 0 amide bonds. The van der Waals surface area contributed by atoms with Crippen LogP contribution in [0.1, 0.15) is 39.5 Å². The zero-order valence-electron chi connectivity index (χ0n) is 13.3. The zero-order valence-corrected chi connectivity index (χ0v) is 14.9.